The van der Waals surface area contributed by atoms with Crippen molar-refractivity contribution in [1.29, 1.82) is 0 Å². The monoisotopic (exact) mass is 588 g/mol. The largest absolute Gasteiger partial charge is 0.463 e. The average Bonchev–Trinajstić information content (AvgIpc) is 3.53. The Morgan fingerprint density at radius 2 is 1.60 bits per heavy atom. The van der Waals surface area contributed by atoms with Gasteiger partial charge in [0.1, 0.15) is 42.7 Å². The maximum Gasteiger partial charge on any atom is 0.323 e. The van der Waals surface area contributed by atoms with E-state index in [0.717, 1.165) is 25.7 Å². The van der Waals surface area contributed by atoms with Crippen LogP contribution in [-0.4, -0.2) is 69.5 Å². The summed E-state index contributed by atoms with van der Waals surface area (Å²) in [6.07, 6.45) is 2.72. The summed E-state index contributed by atoms with van der Waals surface area (Å²) in [5.74, 6) is -1.66. The molecular formula is C29H44N6O7. The van der Waals surface area contributed by atoms with Crippen molar-refractivity contribution in [2.75, 3.05) is 12.3 Å². The van der Waals surface area contributed by atoms with E-state index >= 15 is 0 Å². The fourth-order valence-corrected chi connectivity index (χ4v) is 5.39. The van der Waals surface area contributed by atoms with E-state index in [0.29, 0.717) is 17.6 Å². The van der Waals surface area contributed by atoms with Crippen molar-refractivity contribution in [1.82, 2.24) is 14.6 Å². The molecule has 0 radical (unpaired) electrons. The van der Waals surface area contributed by atoms with Gasteiger partial charge in [0.2, 0.25) is 0 Å². The summed E-state index contributed by atoms with van der Waals surface area (Å²) in [5.41, 5.74) is 19.2. The zero-order valence-corrected chi connectivity index (χ0v) is 24.8. The van der Waals surface area contributed by atoms with Crippen LogP contribution in [-0.2, 0) is 33.3 Å². The second-order valence-electron chi connectivity index (χ2n) is 12.0. The normalized spacial score (nSPS) is 24.6. The summed E-state index contributed by atoms with van der Waals surface area (Å²) in [5, 5.41) is 4.29. The topological polar surface area (TPSA) is 196 Å². The van der Waals surface area contributed by atoms with Gasteiger partial charge in [-0.2, -0.15) is 5.10 Å². The van der Waals surface area contributed by atoms with Gasteiger partial charge in [-0.1, -0.05) is 47.0 Å². The molecule has 0 bridgehead atoms. The summed E-state index contributed by atoms with van der Waals surface area (Å²) >= 11 is 0. The number of fused-ring (bicyclic) bond motifs is 1. The van der Waals surface area contributed by atoms with Crippen LogP contribution < -0.4 is 17.2 Å². The molecule has 4 rings (SSSR count). The van der Waals surface area contributed by atoms with E-state index in [2.05, 4.69) is 10.1 Å². The maximum atomic E-state index is 13.1. The standard InChI is InChI=1S/C29H44N6O7/c1-15(2)22(30)28(37)41-25-20(13-39-21(36)12-17-8-6-5-7-9-17)40-24(26(25)42-29(38)23(31)16(3)4)18-10-11-19-27(32)33-14-34-35(18)19/h10-11,14-17,20,22-26H,5-9,12-13,30-31H2,1-4H3,(H2,32,33,34)/t20-,22+,23+,24+,25-,26+/m1/s1. The lowest BCUT2D eigenvalue weighted by atomic mass is 9.87. The van der Waals surface area contributed by atoms with Crippen LogP contribution in [0.25, 0.3) is 5.52 Å². The smallest absolute Gasteiger partial charge is 0.323 e. The van der Waals surface area contributed by atoms with Crippen molar-refractivity contribution < 1.29 is 33.3 Å². The number of nitrogens with zero attached hydrogens (tertiary/aromatic N) is 3. The Morgan fingerprint density at radius 3 is 2.21 bits per heavy atom. The third kappa shape index (κ3) is 7.19. The fraction of sp³-hybridized carbons (Fsp3) is 0.690. The Bertz CT molecular complexity index is 1240. The van der Waals surface area contributed by atoms with Gasteiger partial charge >= 0.3 is 17.9 Å². The van der Waals surface area contributed by atoms with Crippen molar-refractivity contribution in [3.8, 4) is 0 Å². The molecule has 2 aromatic heterocycles. The van der Waals surface area contributed by atoms with Crippen LogP contribution in [0.5, 0.6) is 0 Å². The lowest BCUT2D eigenvalue weighted by Gasteiger charge is -2.27. The number of nitrogens with two attached hydrogens (primary N) is 3. The van der Waals surface area contributed by atoms with Crippen LogP contribution in [0, 0.1) is 17.8 Å². The molecular weight excluding hydrogens is 544 g/mol. The quantitative estimate of drug-likeness (QED) is 0.256. The molecule has 0 unspecified atom stereocenters. The predicted octanol–water partition coefficient (Wildman–Crippen LogP) is 2.06. The third-order valence-corrected chi connectivity index (χ3v) is 8.19. The lowest BCUT2D eigenvalue weighted by Crippen LogP contribution is -2.47. The zero-order chi connectivity index (χ0) is 30.6. The molecule has 1 saturated carbocycles. The first kappa shape index (κ1) is 31.6. The highest BCUT2D eigenvalue weighted by atomic mass is 16.7. The number of esters is 3. The minimum absolute atomic E-state index is 0.216. The first-order valence-electron chi connectivity index (χ1n) is 14.8. The highest BCUT2D eigenvalue weighted by molar-refractivity contribution is 5.77. The van der Waals surface area contributed by atoms with E-state index in [9.17, 15) is 14.4 Å². The zero-order valence-electron chi connectivity index (χ0n) is 24.8. The first-order chi connectivity index (χ1) is 20.0. The minimum atomic E-state index is -1.15. The number of hydrogen-bond acceptors (Lipinski definition) is 12. The van der Waals surface area contributed by atoms with E-state index in [-0.39, 0.29) is 36.1 Å². The summed E-state index contributed by atoms with van der Waals surface area (Å²) in [6.45, 7) is 6.95. The summed E-state index contributed by atoms with van der Waals surface area (Å²) in [6, 6.07) is 1.55. The maximum absolute atomic E-state index is 13.1. The molecule has 13 heteroatoms. The van der Waals surface area contributed by atoms with E-state index in [1.54, 1.807) is 39.8 Å². The number of ether oxygens (including phenoxy) is 4. The van der Waals surface area contributed by atoms with Gasteiger partial charge in [0.25, 0.3) is 0 Å². The summed E-state index contributed by atoms with van der Waals surface area (Å²) in [7, 11) is 0. The minimum Gasteiger partial charge on any atom is -0.463 e. The number of hydrogen-bond donors (Lipinski definition) is 3. The molecule has 2 aliphatic rings. The molecule has 3 heterocycles. The number of rotatable bonds is 11. The summed E-state index contributed by atoms with van der Waals surface area (Å²) in [4.78, 5) is 43.0. The van der Waals surface area contributed by atoms with E-state index in [1.807, 2.05) is 0 Å². The van der Waals surface area contributed by atoms with Crippen molar-refractivity contribution in [3.05, 3.63) is 24.2 Å². The van der Waals surface area contributed by atoms with Crippen LogP contribution in [0.2, 0.25) is 0 Å². The Kier molecular flexibility index (Phi) is 10.4. The van der Waals surface area contributed by atoms with Crippen molar-refractivity contribution >= 4 is 29.2 Å². The lowest BCUT2D eigenvalue weighted by molar-refractivity contribution is -0.171. The highest BCUT2D eigenvalue weighted by Crippen LogP contribution is 2.39. The Morgan fingerprint density at radius 1 is 0.976 bits per heavy atom. The third-order valence-electron chi connectivity index (χ3n) is 8.19. The van der Waals surface area contributed by atoms with Crippen molar-refractivity contribution in [2.24, 2.45) is 29.2 Å². The van der Waals surface area contributed by atoms with Gasteiger partial charge in [-0.3, -0.25) is 14.4 Å². The van der Waals surface area contributed by atoms with Gasteiger partial charge in [0.15, 0.2) is 18.0 Å². The molecule has 0 amide bonds. The number of nitrogen functional groups attached to an aromatic ring is 1. The van der Waals surface area contributed by atoms with E-state index < -0.39 is 48.4 Å². The van der Waals surface area contributed by atoms with Crippen LogP contribution >= 0.6 is 0 Å². The van der Waals surface area contributed by atoms with Crippen molar-refractivity contribution in [2.45, 2.75) is 103 Å². The molecule has 1 saturated heterocycles. The molecule has 2 aromatic rings. The van der Waals surface area contributed by atoms with E-state index in [4.69, 9.17) is 36.1 Å². The van der Waals surface area contributed by atoms with Crippen LogP contribution in [0.3, 0.4) is 0 Å². The Balaban J connectivity index is 1.65. The molecule has 6 N–H and O–H groups in total. The van der Waals surface area contributed by atoms with E-state index in [1.165, 1.54) is 17.3 Å². The average molecular weight is 589 g/mol. The molecule has 1 aliphatic heterocycles. The molecule has 0 spiro atoms. The molecule has 2 fully saturated rings. The molecule has 13 nitrogen and oxygen atoms in total. The van der Waals surface area contributed by atoms with Crippen LogP contribution in [0.15, 0.2) is 18.5 Å². The molecule has 0 aromatic carbocycles. The van der Waals surface area contributed by atoms with Crippen molar-refractivity contribution in [3.63, 3.8) is 0 Å². The van der Waals surface area contributed by atoms with Gasteiger partial charge in [-0.05, 0) is 42.7 Å². The predicted molar refractivity (Wildman–Crippen MR) is 153 cm³/mol. The molecule has 232 valence electrons. The van der Waals surface area contributed by atoms with Gasteiger partial charge in [0.05, 0.1) is 5.69 Å². The Hall–Kier alpha value is -3.29. The van der Waals surface area contributed by atoms with Crippen LogP contribution in [0.4, 0.5) is 5.82 Å². The number of carbonyl (C=O) groups is 3. The summed E-state index contributed by atoms with van der Waals surface area (Å²) < 4.78 is 25.4. The second kappa shape index (κ2) is 13.8. The first-order valence-corrected chi connectivity index (χ1v) is 14.8. The SMILES string of the molecule is CC(C)[C@H](N)C(=O)O[C@@H]1[C@H](OC(=O)[C@@H](N)C(C)C)[C@@H](COC(=O)CC2CCCCC2)O[C@H]1c1ccc2c(N)ncnn12. The van der Waals surface area contributed by atoms with Gasteiger partial charge in [-0.25, -0.2) is 9.50 Å². The molecule has 42 heavy (non-hydrogen) atoms. The highest BCUT2D eigenvalue weighted by Gasteiger charge is 2.52. The van der Waals surface area contributed by atoms with Gasteiger partial charge in [0, 0.05) is 6.42 Å². The number of aromatic nitrogens is 3. The number of anilines is 1. The molecule has 6 atom stereocenters. The van der Waals surface area contributed by atoms with Gasteiger partial charge < -0.3 is 36.1 Å². The fourth-order valence-electron chi connectivity index (χ4n) is 5.39. The number of carbonyl (C=O) groups excluding carboxylic acids is 3. The van der Waals surface area contributed by atoms with Crippen LogP contribution in [0.1, 0.15) is 78.0 Å². The Labute approximate surface area is 245 Å². The van der Waals surface area contributed by atoms with Gasteiger partial charge in [-0.15, -0.1) is 0 Å². The second-order valence-corrected chi connectivity index (χ2v) is 12.0. The molecule has 1 aliphatic carbocycles.